The van der Waals surface area contributed by atoms with Crippen LogP contribution in [0.15, 0.2) is 99.3 Å². The maximum Gasteiger partial charge on any atom is 0.329 e. The molecule has 9 nitrogen and oxygen atoms in total. The molecule has 0 fully saturated rings. The van der Waals surface area contributed by atoms with E-state index in [0.29, 0.717) is 10.8 Å². The Morgan fingerprint density at radius 3 is 2.30 bits per heavy atom. The molecule has 40 heavy (non-hydrogen) atoms. The third kappa shape index (κ3) is 7.57. The van der Waals surface area contributed by atoms with Crippen LogP contribution < -0.4 is 10.7 Å². The number of amides is 2. The van der Waals surface area contributed by atoms with Crippen molar-refractivity contribution in [1.82, 2.24) is 9.73 Å². The van der Waals surface area contributed by atoms with Crippen molar-refractivity contribution in [2.24, 2.45) is 5.10 Å². The first-order chi connectivity index (χ1) is 19.1. The molecule has 3 aromatic carbocycles. The number of halogens is 2. The number of carbonyl (C=O) groups excluding carboxylic acids is 2. The van der Waals surface area contributed by atoms with E-state index >= 15 is 0 Å². The molecular weight excluding hydrogens is 575 g/mol. The van der Waals surface area contributed by atoms with Crippen molar-refractivity contribution >= 4 is 56.9 Å². The zero-order valence-electron chi connectivity index (χ0n) is 21.2. The number of hydrogen-bond acceptors (Lipinski definition) is 6. The van der Waals surface area contributed by atoms with E-state index in [0.717, 1.165) is 11.1 Å². The van der Waals surface area contributed by atoms with Crippen LogP contribution in [0.4, 0.5) is 5.69 Å². The predicted octanol–water partition coefficient (Wildman–Crippen LogP) is 5.37. The third-order valence-corrected chi connectivity index (χ3v) is 8.02. The van der Waals surface area contributed by atoms with Crippen molar-refractivity contribution in [3.63, 3.8) is 0 Å². The van der Waals surface area contributed by atoms with Gasteiger partial charge in [0.15, 0.2) is 0 Å². The van der Waals surface area contributed by atoms with Gasteiger partial charge < -0.3 is 9.73 Å². The van der Waals surface area contributed by atoms with Crippen LogP contribution in [0, 0.1) is 6.92 Å². The van der Waals surface area contributed by atoms with Gasteiger partial charge in [-0.05, 0) is 61.0 Å². The summed E-state index contributed by atoms with van der Waals surface area (Å²) in [6, 6.07) is 23.1. The fraction of sp³-hybridized carbons (Fsp3) is 0.107. The van der Waals surface area contributed by atoms with Gasteiger partial charge in [0.25, 0.3) is 0 Å². The van der Waals surface area contributed by atoms with Crippen LogP contribution >= 0.6 is 23.2 Å². The number of sulfonamides is 1. The molecule has 2 N–H and O–H groups in total. The second-order valence-electron chi connectivity index (χ2n) is 8.65. The number of hydrogen-bond donors (Lipinski definition) is 2. The van der Waals surface area contributed by atoms with Gasteiger partial charge in [-0.15, -0.1) is 0 Å². The Balaban J connectivity index is 1.45. The Morgan fingerprint density at radius 1 is 0.900 bits per heavy atom. The molecule has 2 amide bonds. The van der Waals surface area contributed by atoms with Gasteiger partial charge in [-0.2, -0.15) is 9.41 Å². The second kappa shape index (κ2) is 12.9. The third-order valence-electron chi connectivity index (χ3n) is 5.63. The van der Waals surface area contributed by atoms with Gasteiger partial charge in [-0.1, -0.05) is 65.2 Å². The van der Waals surface area contributed by atoms with E-state index in [1.165, 1.54) is 34.8 Å². The first kappa shape index (κ1) is 29.0. The van der Waals surface area contributed by atoms with Crippen LogP contribution in [0.25, 0.3) is 0 Å². The summed E-state index contributed by atoms with van der Waals surface area (Å²) < 4.78 is 34.0. The monoisotopic (exact) mass is 598 g/mol. The molecule has 1 aromatic heterocycles. The minimum atomic E-state index is -3.91. The van der Waals surface area contributed by atoms with Gasteiger partial charge in [-0.3, -0.25) is 9.59 Å². The van der Waals surface area contributed by atoms with Gasteiger partial charge in [0, 0.05) is 11.6 Å². The van der Waals surface area contributed by atoms with E-state index < -0.39 is 21.8 Å². The van der Waals surface area contributed by atoms with Gasteiger partial charge in [0.2, 0.25) is 10.0 Å². The number of benzene rings is 3. The topological polar surface area (TPSA) is 121 Å². The molecule has 0 saturated heterocycles. The molecule has 0 aliphatic carbocycles. The van der Waals surface area contributed by atoms with E-state index in [4.69, 9.17) is 27.6 Å². The van der Waals surface area contributed by atoms with Crippen molar-refractivity contribution in [3.8, 4) is 0 Å². The Morgan fingerprint density at radius 2 is 1.60 bits per heavy atom. The lowest BCUT2D eigenvalue weighted by Gasteiger charge is -2.21. The van der Waals surface area contributed by atoms with Gasteiger partial charge in [0.1, 0.15) is 11.5 Å². The zero-order chi connectivity index (χ0) is 28.7. The number of para-hydroxylation sites is 1. The van der Waals surface area contributed by atoms with Crippen LogP contribution in [0.2, 0.25) is 10.0 Å². The number of rotatable bonds is 9. The van der Waals surface area contributed by atoms with Gasteiger partial charge in [0.05, 0.1) is 28.4 Å². The molecule has 0 saturated carbocycles. The minimum absolute atomic E-state index is 0.0702. The molecule has 0 atom stereocenters. The van der Waals surface area contributed by atoms with Crippen molar-refractivity contribution < 1.29 is 22.4 Å². The van der Waals surface area contributed by atoms with E-state index in [1.54, 1.807) is 36.4 Å². The molecule has 0 radical (unpaired) electrons. The Kier molecular flexibility index (Phi) is 9.38. The molecule has 12 heteroatoms. The van der Waals surface area contributed by atoms with Crippen LogP contribution in [0.5, 0.6) is 0 Å². The van der Waals surface area contributed by atoms with E-state index in [2.05, 4.69) is 15.8 Å². The Hall–Kier alpha value is -3.96. The smallest absolute Gasteiger partial charge is 0.329 e. The average molecular weight is 599 g/mol. The number of nitrogens with zero attached hydrogens (tertiary/aromatic N) is 2. The molecular formula is C28H24Cl2N4O5S. The molecule has 0 aliphatic heterocycles. The number of hydrazone groups is 1. The molecule has 0 spiro atoms. The highest BCUT2D eigenvalue weighted by Gasteiger charge is 2.26. The highest BCUT2D eigenvalue weighted by molar-refractivity contribution is 7.89. The first-order valence-corrected chi connectivity index (χ1v) is 14.1. The normalized spacial score (nSPS) is 11.6. The molecule has 0 bridgehead atoms. The largest absolute Gasteiger partial charge is 0.459 e. The summed E-state index contributed by atoms with van der Waals surface area (Å²) in [5, 5.41) is 6.84. The fourth-order valence-electron chi connectivity index (χ4n) is 3.55. The quantitative estimate of drug-likeness (QED) is 0.152. The predicted molar refractivity (Wildman–Crippen MR) is 154 cm³/mol. The number of nitrogens with one attached hydrogen (secondary N) is 2. The maximum atomic E-state index is 13.5. The summed E-state index contributed by atoms with van der Waals surface area (Å²) in [6.45, 7) is 1.98. The summed E-state index contributed by atoms with van der Waals surface area (Å²) in [4.78, 5) is 24.2. The first-order valence-electron chi connectivity index (χ1n) is 11.9. The minimum Gasteiger partial charge on any atom is -0.459 e. The van der Waals surface area contributed by atoms with Crippen LogP contribution in [-0.4, -0.2) is 30.8 Å². The lowest BCUT2D eigenvalue weighted by molar-refractivity contribution is -0.136. The lowest BCUT2D eigenvalue weighted by atomic mass is 10.1. The number of aryl methyl sites for hydroxylation is 1. The van der Waals surface area contributed by atoms with Gasteiger partial charge in [-0.25, -0.2) is 13.8 Å². The zero-order valence-corrected chi connectivity index (χ0v) is 23.5. The molecule has 4 rings (SSSR count). The van der Waals surface area contributed by atoms with Crippen LogP contribution in [0.3, 0.4) is 0 Å². The van der Waals surface area contributed by atoms with Crippen LogP contribution in [0.1, 0.15) is 22.6 Å². The molecule has 206 valence electrons. The second-order valence-corrected chi connectivity index (χ2v) is 11.4. The standard InChI is InChI=1S/C28H24Cl2N4O5S/c1-19-6-8-20(9-7-19)17-34(40(37,38)24-14-10-21(29)11-15-24)18-23-13-12-22(39-23)16-31-33-28(36)27(35)32-26-5-3-2-4-25(26)30/h2-16H,17-18H2,1H3,(H,32,35)(H,33,36)/b31-16+. The summed E-state index contributed by atoms with van der Waals surface area (Å²) in [6.07, 6.45) is 1.20. The van der Waals surface area contributed by atoms with Crippen LogP contribution in [-0.2, 0) is 32.7 Å². The summed E-state index contributed by atoms with van der Waals surface area (Å²) in [5.41, 5.74) is 4.25. The molecule has 0 unspecified atom stereocenters. The van der Waals surface area contributed by atoms with Crippen molar-refractivity contribution in [3.05, 3.63) is 118 Å². The summed E-state index contributed by atoms with van der Waals surface area (Å²) in [5.74, 6) is -1.39. The van der Waals surface area contributed by atoms with Crippen molar-refractivity contribution in [2.45, 2.75) is 24.9 Å². The maximum absolute atomic E-state index is 13.5. The van der Waals surface area contributed by atoms with Crippen molar-refractivity contribution in [2.75, 3.05) is 5.32 Å². The molecule has 4 aromatic rings. The molecule has 1 heterocycles. The summed E-state index contributed by atoms with van der Waals surface area (Å²) >= 11 is 11.9. The highest BCUT2D eigenvalue weighted by atomic mass is 35.5. The number of furan rings is 1. The lowest BCUT2D eigenvalue weighted by Crippen LogP contribution is -2.32. The highest BCUT2D eigenvalue weighted by Crippen LogP contribution is 2.24. The fourth-order valence-corrected chi connectivity index (χ4v) is 5.25. The van der Waals surface area contributed by atoms with E-state index in [9.17, 15) is 18.0 Å². The number of anilines is 1. The van der Waals surface area contributed by atoms with E-state index in [-0.39, 0.29) is 34.5 Å². The van der Waals surface area contributed by atoms with Gasteiger partial charge >= 0.3 is 11.8 Å². The SMILES string of the molecule is Cc1ccc(CN(Cc2ccc(/C=N/NC(=O)C(=O)Nc3ccccc3Cl)o2)S(=O)(=O)c2ccc(Cl)cc2)cc1. The molecule has 0 aliphatic rings. The number of carbonyl (C=O) groups is 2. The Bertz CT molecular complexity index is 1640. The van der Waals surface area contributed by atoms with E-state index in [1.807, 2.05) is 31.2 Å². The van der Waals surface area contributed by atoms with Crippen molar-refractivity contribution in [1.29, 1.82) is 0 Å². The average Bonchev–Trinajstić information content (AvgIpc) is 3.38. The Labute approximate surface area is 241 Å². The summed E-state index contributed by atoms with van der Waals surface area (Å²) in [7, 11) is -3.91.